The molecule has 0 radical (unpaired) electrons. The second-order valence-electron chi connectivity index (χ2n) is 12.2. The number of amides is 1. The number of ether oxygens (including phenoxy) is 3. The van der Waals surface area contributed by atoms with Crippen LogP contribution in [-0.2, 0) is 31.0 Å². The fourth-order valence-electron chi connectivity index (χ4n) is 5.78. The van der Waals surface area contributed by atoms with Crippen LogP contribution in [0.25, 0.3) is 11.1 Å². The van der Waals surface area contributed by atoms with Crippen molar-refractivity contribution >= 4 is 11.9 Å². The van der Waals surface area contributed by atoms with Gasteiger partial charge in [0.2, 0.25) is 5.91 Å². The van der Waals surface area contributed by atoms with Crippen LogP contribution >= 0.6 is 0 Å². The van der Waals surface area contributed by atoms with E-state index in [9.17, 15) is 14.9 Å². The molecule has 6 atom stereocenters. The minimum Gasteiger partial charge on any atom is -0.451 e. The molecule has 0 spiro atoms. The molecule has 2 aromatic rings. The van der Waals surface area contributed by atoms with Crippen molar-refractivity contribution in [3.63, 3.8) is 0 Å². The molecule has 8 nitrogen and oxygen atoms in total. The van der Waals surface area contributed by atoms with Gasteiger partial charge in [-0.25, -0.2) is 4.79 Å². The van der Waals surface area contributed by atoms with Crippen molar-refractivity contribution in [1.29, 1.82) is 5.26 Å². The molecule has 240 valence electrons. The third kappa shape index (κ3) is 8.68. The molecular weight excluding hydrogens is 554 g/mol. The molecule has 3 rings (SSSR count). The summed E-state index contributed by atoms with van der Waals surface area (Å²) in [5.74, 6) is -0.106. The molecule has 1 heterocycles. The lowest BCUT2D eigenvalue weighted by Gasteiger charge is -2.30. The molecule has 1 aliphatic rings. The van der Waals surface area contributed by atoms with Gasteiger partial charge in [-0.15, -0.1) is 0 Å². The first-order valence-electron chi connectivity index (χ1n) is 16.1. The maximum Gasteiger partial charge on any atom is 0.339 e. The van der Waals surface area contributed by atoms with Gasteiger partial charge < -0.3 is 24.8 Å². The summed E-state index contributed by atoms with van der Waals surface area (Å²) in [6, 6.07) is 15.5. The molecule has 0 saturated heterocycles. The highest BCUT2D eigenvalue weighted by Gasteiger charge is 2.44. The molecule has 2 N–H and O–H groups in total. The molecule has 0 bridgehead atoms. The van der Waals surface area contributed by atoms with Gasteiger partial charge in [-0.3, -0.25) is 4.79 Å². The smallest absolute Gasteiger partial charge is 0.339 e. The van der Waals surface area contributed by atoms with Crippen LogP contribution in [0.5, 0.6) is 0 Å². The number of carbonyl (C=O) groups is 2. The molecule has 1 amide bonds. The zero-order valence-electron chi connectivity index (χ0n) is 27.6. The minimum absolute atomic E-state index is 0.0138. The van der Waals surface area contributed by atoms with Gasteiger partial charge in [0.25, 0.3) is 0 Å². The fourth-order valence-corrected chi connectivity index (χ4v) is 5.78. The average Bonchev–Trinajstić information content (AvgIpc) is 3.32. The third-order valence-electron chi connectivity index (χ3n) is 9.09. The number of carbonyl (C=O) groups excluding carboxylic acids is 2. The number of hydrogen-bond donors (Lipinski definition) is 2. The molecule has 0 saturated carbocycles. The number of fused-ring (bicyclic) bond motifs is 1. The standard InChI is InChI=1S/C36H51N3O5/c1-8-24(4)21-36(10-3)32-20-28(15-16-31(32)35(41)44-36)27-13-11-26(12-14-27)19-29(22-37)39-34(40)33(25(5)9-2)43-23-30(42-7)17-18-38-6/h11-16,20,24-25,29-30,33,38H,8-10,17-19,21,23H2,1-7H3,(H,39,40). The maximum atomic E-state index is 13.3. The largest absolute Gasteiger partial charge is 0.451 e. The number of nitrogens with zero attached hydrogens (tertiary/aromatic N) is 1. The Morgan fingerprint density at radius 2 is 1.77 bits per heavy atom. The Bertz CT molecular complexity index is 1270. The molecule has 1 aliphatic heterocycles. The number of methoxy groups -OCH3 is 1. The molecule has 44 heavy (non-hydrogen) atoms. The van der Waals surface area contributed by atoms with Crippen LogP contribution in [0, 0.1) is 23.2 Å². The predicted molar refractivity (Wildman–Crippen MR) is 173 cm³/mol. The normalized spacial score (nSPS) is 19.3. The summed E-state index contributed by atoms with van der Waals surface area (Å²) < 4.78 is 17.6. The van der Waals surface area contributed by atoms with Crippen LogP contribution in [0.15, 0.2) is 42.5 Å². The predicted octanol–water partition coefficient (Wildman–Crippen LogP) is 6.17. The van der Waals surface area contributed by atoms with E-state index in [4.69, 9.17) is 14.2 Å². The molecule has 6 unspecified atom stereocenters. The maximum absolute atomic E-state index is 13.3. The van der Waals surface area contributed by atoms with E-state index in [1.165, 1.54) is 0 Å². The summed E-state index contributed by atoms with van der Waals surface area (Å²) >= 11 is 0. The lowest BCUT2D eigenvalue weighted by molar-refractivity contribution is -0.139. The second kappa shape index (κ2) is 16.7. The lowest BCUT2D eigenvalue weighted by atomic mass is 9.81. The second-order valence-corrected chi connectivity index (χ2v) is 12.2. The topological polar surface area (TPSA) is 110 Å². The summed E-state index contributed by atoms with van der Waals surface area (Å²) in [5.41, 5.74) is 3.99. The van der Waals surface area contributed by atoms with E-state index in [0.29, 0.717) is 24.5 Å². The third-order valence-corrected chi connectivity index (χ3v) is 9.09. The van der Waals surface area contributed by atoms with Crippen LogP contribution in [-0.4, -0.2) is 57.4 Å². The number of hydrogen-bond acceptors (Lipinski definition) is 7. The van der Waals surface area contributed by atoms with Crippen molar-refractivity contribution in [2.45, 2.75) is 97.0 Å². The van der Waals surface area contributed by atoms with E-state index in [1.54, 1.807) is 7.11 Å². The SMILES string of the molecule is CCC(C)CC1(CC)OC(=O)c2ccc(-c3ccc(CC(C#N)NC(=O)C(OCC(CCNC)OC)C(C)CC)cc3)cc21. The Balaban J connectivity index is 1.71. The van der Waals surface area contributed by atoms with E-state index in [-0.39, 0.29) is 23.9 Å². The van der Waals surface area contributed by atoms with Gasteiger partial charge in [0.1, 0.15) is 17.7 Å². The summed E-state index contributed by atoms with van der Waals surface area (Å²) in [4.78, 5) is 26.0. The molecule has 0 aromatic heterocycles. The van der Waals surface area contributed by atoms with E-state index in [2.05, 4.69) is 43.5 Å². The van der Waals surface area contributed by atoms with Crippen molar-refractivity contribution in [3.8, 4) is 17.2 Å². The van der Waals surface area contributed by atoms with Gasteiger partial charge in [-0.05, 0) is 73.5 Å². The number of rotatable bonds is 18. The van der Waals surface area contributed by atoms with E-state index >= 15 is 0 Å². The van der Waals surface area contributed by atoms with Crippen molar-refractivity contribution in [2.75, 3.05) is 27.3 Å². The molecular formula is C36H51N3O5. The van der Waals surface area contributed by atoms with Crippen LogP contribution in [0.1, 0.15) is 88.2 Å². The van der Waals surface area contributed by atoms with E-state index in [1.807, 2.05) is 57.3 Å². The molecule has 2 aromatic carbocycles. The van der Waals surface area contributed by atoms with Crippen LogP contribution < -0.4 is 10.6 Å². The van der Waals surface area contributed by atoms with Gasteiger partial charge in [0.05, 0.1) is 24.3 Å². The van der Waals surface area contributed by atoms with Crippen molar-refractivity contribution in [2.24, 2.45) is 11.8 Å². The highest BCUT2D eigenvalue weighted by atomic mass is 16.6. The number of nitriles is 1. The van der Waals surface area contributed by atoms with Crippen LogP contribution in [0.2, 0.25) is 0 Å². The first-order valence-corrected chi connectivity index (χ1v) is 16.1. The highest BCUT2D eigenvalue weighted by molar-refractivity contribution is 5.95. The van der Waals surface area contributed by atoms with Crippen molar-refractivity contribution in [3.05, 3.63) is 59.2 Å². The lowest BCUT2D eigenvalue weighted by Crippen LogP contribution is -2.46. The Hall–Kier alpha value is -3.25. The van der Waals surface area contributed by atoms with Crippen LogP contribution in [0.3, 0.4) is 0 Å². The molecule has 0 aliphatic carbocycles. The Morgan fingerprint density at radius 1 is 1.07 bits per heavy atom. The summed E-state index contributed by atoms with van der Waals surface area (Å²) in [5, 5.41) is 15.9. The first-order chi connectivity index (χ1) is 21.1. The molecule has 8 heteroatoms. The Labute approximate surface area is 263 Å². The van der Waals surface area contributed by atoms with Gasteiger partial charge in [-0.1, -0.05) is 77.8 Å². The number of nitrogens with one attached hydrogen (secondary N) is 2. The average molecular weight is 606 g/mol. The number of cyclic esters (lactones) is 1. The highest BCUT2D eigenvalue weighted by Crippen LogP contribution is 2.45. The summed E-state index contributed by atoms with van der Waals surface area (Å²) in [6.07, 6.45) is 3.68. The van der Waals surface area contributed by atoms with Crippen molar-refractivity contribution in [1.82, 2.24) is 10.6 Å². The fraction of sp³-hybridized carbons (Fsp3) is 0.583. The summed E-state index contributed by atoms with van der Waals surface area (Å²) in [6.45, 7) is 11.5. The Morgan fingerprint density at radius 3 is 2.36 bits per heavy atom. The monoisotopic (exact) mass is 605 g/mol. The van der Waals surface area contributed by atoms with Gasteiger partial charge in [0, 0.05) is 19.1 Å². The van der Waals surface area contributed by atoms with E-state index in [0.717, 1.165) is 60.9 Å². The zero-order valence-corrected chi connectivity index (χ0v) is 27.6. The van der Waals surface area contributed by atoms with Gasteiger partial charge in [0.15, 0.2) is 0 Å². The minimum atomic E-state index is -0.695. The number of esters is 1. The van der Waals surface area contributed by atoms with E-state index < -0.39 is 17.7 Å². The molecule has 0 fully saturated rings. The van der Waals surface area contributed by atoms with Crippen LogP contribution in [0.4, 0.5) is 0 Å². The van der Waals surface area contributed by atoms with Gasteiger partial charge >= 0.3 is 5.97 Å². The summed E-state index contributed by atoms with van der Waals surface area (Å²) in [7, 11) is 3.53. The number of benzene rings is 2. The quantitative estimate of drug-likeness (QED) is 0.196. The first kappa shape index (κ1) is 35.2. The van der Waals surface area contributed by atoms with Crippen molar-refractivity contribution < 1.29 is 23.8 Å². The van der Waals surface area contributed by atoms with Gasteiger partial charge in [-0.2, -0.15) is 5.26 Å². The Kier molecular flexibility index (Phi) is 13.4. The zero-order chi connectivity index (χ0) is 32.3.